The Labute approximate surface area is 113 Å². The smallest absolute Gasteiger partial charge is 0.112 e. The monoisotopic (exact) mass is 253 g/mol. The van der Waals surface area contributed by atoms with Crippen molar-refractivity contribution in [2.24, 2.45) is 13.0 Å². The first-order valence-corrected chi connectivity index (χ1v) is 6.97. The summed E-state index contributed by atoms with van der Waals surface area (Å²) in [6, 6.07) is 8.68. The molecule has 0 N–H and O–H groups in total. The molecule has 0 radical (unpaired) electrons. The number of hydrogen-bond donors (Lipinski definition) is 0. The molecule has 2 aromatic rings. The predicted octanol–water partition coefficient (Wildman–Crippen LogP) is 3.71. The average Bonchev–Trinajstić information content (AvgIpc) is 3.16. The molecule has 19 heavy (non-hydrogen) atoms. The summed E-state index contributed by atoms with van der Waals surface area (Å²) in [6.07, 6.45) is 2.52. The van der Waals surface area contributed by atoms with E-state index in [0.29, 0.717) is 11.8 Å². The van der Waals surface area contributed by atoms with E-state index in [1.165, 1.54) is 24.2 Å². The molecule has 0 saturated heterocycles. The average molecular weight is 253 g/mol. The fraction of sp³-hybridized carbons (Fsp3) is 0.500. The van der Waals surface area contributed by atoms with Crippen LogP contribution in [-0.4, -0.2) is 9.55 Å². The van der Waals surface area contributed by atoms with Gasteiger partial charge in [0, 0.05) is 13.0 Å². The Balaban J connectivity index is 2.08. The zero-order valence-corrected chi connectivity index (χ0v) is 11.7. The van der Waals surface area contributed by atoms with Crippen LogP contribution in [-0.2, 0) is 7.05 Å². The summed E-state index contributed by atoms with van der Waals surface area (Å²) >= 11 is 0. The minimum atomic E-state index is -0.0456. The van der Waals surface area contributed by atoms with Crippen molar-refractivity contribution < 1.29 is 0 Å². The lowest BCUT2D eigenvalue weighted by Gasteiger charge is -2.12. The summed E-state index contributed by atoms with van der Waals surface area (Å²) in [5, 5.41) is 9.30. The zero-order chi connectivity index (χ0) is 13.6. The molecule has 1 aliphatic carbocycles. The fourth-order valence-electron chi connectivity index (χ4n) is 2.74. The van der Waals surface area contributed by atoms with Gasteiger partial charge in [-0.15, -0.1) is 0 Å². The molecule has 1 fully saturated rings. The van der Waals surface area contributed by atoms with E-state index in [9.17, 15) is 5.26 Å². The molecular weight excluding hydrogens is 234 g/mol. The Kier molecular flexibility index (Phi) is 2.82. The maximum absolute atomic E-state index is 9.30. The third kappa shape index (κ3) is 2.02. The number of aryl methyl sites for hydroxylation is 1. The summed E-state index contributed by atoms with van der Waals surface area (Å²) in [4.78, 5) is 4.76. The summed E-state index contributed by atoms with van der Waals surface area (Å²) in [5.41, 5.74) is 3.29. The first kappa shape index (κ1) is 12.2. The first-order chi connectivity index (χ1) is 9.11. The number of hydrogen-bond acceptors (Lipinski definition) is 2. The molecule has 1 unspecified atom stereocenters. The third-order valence-electron chi connectivity index (χ3n) is 4.05. The summed E-state index contributed by atoms with van der Waals surface area (Å²) < 4.78 is 2.20. The van der Waals surface area contributed by atoms with Crippen molar-refractivity contribution in [1.82, 2.24) is 9.55 Å². The van der Waals surface area contributed by atoms with Crippen molar-refractivity contribution in [3.63, 3.8) is 0 Å². The van der Waals surface area contributed by atoms with Gasteiger partial charge in [0.15, 0.2) is 0 Å². The van der Waals surface area contributed by atoms with Crippen molar-refractivity contribution >= 4 is 11.0 Å². The van der Waals surface area contributed by atoms with Gasteiger partial charge in [-0.05, 0) is 36.5 Å². The maximum Gasteiger partial charge on any atom is 0.112 e. The van der Waals surface area contributed by atoms with Gasteiger partial charge < -0.3 is 4.57 Å². The lowest BCUT2D eigenvalue weighted by atomic mass is 9.90. The van der Waals surface area contributed by atoms with E-state index in [4.69, 9.17) is 4.98 Å². The van der Waals surface area contributed by atoms with Crippen LogP contribution in [0.4, 0.5) is 0 Å². The molecule has 1 heterocycles. The number of rotatable bonds is 3. The van der Waals surface area contributed by atoms with Gasteiger partial charge in [0.1, 0.15) is 5.82 Å². The Bertz CT molecular complexity index is 656. The molecule has 3 rings (SSSR count). The summed E-state index contributed by atoms with van der Waals surface area (Å²) in [6.45, 7) is 4.18. The highest BCUT2D eigenvalue weighted by atomic mass is 15.1. The molecule has 1 atom stereocenters. The SMILES string of the molecule is CC(C)C(C#N)c1ccc2c(c1)nc(C1CC1)n2C. The zero-order valence-electron chi connectivity index (χ0n) is 11.7. The van der Waals surface area contributed by atoms with Crippen LogP contribution in [0.15, 0.2) is 18.2 Å². The molecule has 98 valence electrons. The van der Waals surface area contributed by atoms with Crippen molar-refractivity contribution in [2.45, 2.75) is 38.5 Å². The number of imidazole rings is 1. The van der Waals surface area contributed by atoms with Gasteiger partial charge in [-0.25, -0.2) is 4.98 Å². The Morgan fingerprint density at radius 3 is 2.68 bits per heavy atom. The highest BCUT2D eigenvalue weighted by molar-refractivity contribution is 5.77. The number of benzene rings is 1. The molecule has 3 nitrogen and oxygen atoms in total. The lowest BCUT2D eigenvalue weighted by molar-refractivity contribution is 0.587. The van der Waals surface area contributed by atoms with Crippen molar-refractivity contribution in [3.8, 4) is 6.07 Å². The van der Waals surface area contributed by atoms with E-state index < -0.39 is 0 Å². The second-order valence-corrected chi connectivity index (χ2v) is 5.90. The van der Waals surface area contributed by atoms with Crippen LogP contribution in [0.5, 0.6) is 0 Å². The largest absolute Gasteiger partial charge is 0.331 e. The van der Waals surface area contributed by atoms with Crippen LogP contribution >= 0.6 is 0 Å². The summed E-state index contributed by atoms with van der Waals surface area (Å²) in [5.74, 6) is 2.13. The van der Waals surface area contributed by atoms with Crippen LogP contribution in [0.1, 0.15) is 49.9 Å². The van der Waals surface area contributed by atoms with E-state index in [0.717, 1.165) is 11.1 Å². The Morgan fingerprint density at radius 2 is 2.11 bits per heavy atom. The van der Waals surface area contributed by atoms with Gasteiger partial charge >= 0.3 is 0 Å². The molecule has 3 heteroatoms. The van der Waals surface area contributed by atoms with Gasteiger partial charge in [-0.1, -0.05) is 19.9 Å². The number of aromatic nitrogens is 2. The van der Waals surface area contributed by atoms with Crippen LogP contribution in [0.3, 0.4) is 0 Å². The van der Waals surface area contributed by atoms with E-state index in [2.05, 4.69) is 49.7 Å². The Hall–Kier alpha value is -1.82. The minimum absolute atomic E-state index is 0.0456. The van der Waals surface area contributed by atoms with Gasteiger partial charge in [-0.3, -0.25) is 0 Å². The molecule has 1 aliphatic rings. The van der Waals surface area contributed by atoms with E-state index in [1.54, 1.807) is 0 Å². The molecule has 0 amide bonds. The molecule has 1 saturated carbocycles. The minimum Gasteiger partial charge on any atom is -0.331 e. The quantitative estimate of drug-likeness (QED) is 0.836. The molecule has 1 aromatic carbocycles. The van der Waals surface area contributed by atoms with Crippen molar-refractivity contribution in [2.75, 3.05) is 0 Å². The fourth-order valence-corrected chi connectivity index (χ4v) is 2.74. The Morgan fingerprint density at radius 1 is 1.37 bits per heavy atom. The summed E-state index contributed by atoms with van der Waals surface area (Å²) in [7, 11) is 2.09. The molecular formula is C16H19N3. The first-order valence-electron chi connectivity index (χ1n) is 6.97. The van der Waals surface area contributed by atoms with Crippen molar-refractivity contribution in [3.05, 3.63) is 29.6 Å². The number of nitriles is 1. The molecule has 1 aromatic heterocycles. The molecule has 0 spiro atoms. The number of fused-ring (bicyclic) bond motifs is 1. The topological polar surface area (TPSA) is 41.6 Å². The van der Waals surface area contributed by atoms with Gasteiger partial charge in [0.05, 0.1) is 23.0 Å². The maximum atomic E-state index is 9.30. The van der Waals surface area contributed by atoms with Crippen LogP contribution in [0, 0.1) is 17.2 Å². The predicted molar refractivity (Wildman–Crippen MR) is 75.9 cm³/mol. The second-order valence-electron chi connectivity index (χ2n) is 5.90. The van der Waals surface area contributed by atoms with Gasteiger partial charge in [-0.2, -0.15) is 5.26 Å². The molecule has 0 bridgehead atoms. The van der Waals surface area contributed by atoms with E-state index in [-0.39, 0.29) is 5.92 Å². The van der Waals surface area contributed by atoms with E-state index in [1.807, 2.05) is 0 Å². The highest BCUT2D eigenvalue weighted by Crippen LogP contribution is 2.40. The van der Waals surface area contributed by atoms with E-state index >= 15 is 0 Å². The van der Waals surface area contributed by atoms with Crippen LogP contribution in [0.25, 0.3) is 11.0 Å². The standard InChI is InChI=1S/C16H19N3/c1-10(2)13(9-17)12-6-7-15-14(8-12)18-16(19(15)3)11-4-5-11/h6-8,10-11,13H,4-5H2,1-3H3. The molecule has 0 aliphatic heterocycles. The highest BCUT2D eigenvalue weighted by Gasteiger charge is 2.28. The van der Waals surface area contributed by atoms with Crippen molar-refractivity contribution in [1.29, 1.82) is 5.26 Å². The second kappa shape index (κ2) is 4.38. The van der Waals surface area contributed by atoms with Crippen LogP contribution in [0.2, 0.25) is 0 Å². The number of nitrogens with zero attached hydrogens (tertiary/aromatic N) is 3. The third-order valence-corrected chi connectivity index (χ3v) is 4.05. The normalized spacial score (nSPS) is 16.8. The lowest BCUT2D eigenvalue weighted by Crippen LogP contribution is -2.03. The van der Waals surface area contributed by atoms with Gasteiger partial charge in [0.2, 0.25) is 0 Å². The van der Waals surface area contributed by atoms with Gasteiger partial charge in [0.25, 0.3) is 0 Å². The van der Waals surface area contributed by atoms with Crippen LogP contribution < -0.4 is 0 Å².